The zero-order valence-corrected chi connectivity index (χ0v) is 6.81. The average molecular weight is 156 g/mol. The molecule has 0 amide bonds. The van der Waals surface area contributed by atoms with Crippen molar-refractivity contribution in [2.24, 2.45) is 5.92 Å². The lowest BCUT2D eigenvalue weighted by molar-refractivity contribution is -0.114. The van der Waals surface area contributed by atoms with Gasteiger partial charge in [-0.2, -0.15) is 0 Å². The van der Waals surface area contributed by atoms with Crippen LogP contribution in [0.4, 0.5) is 0 Å². The lowest BCUT2D eigenvalue weighted by Gasteiger charge is -2.05. The zero-order chi connectivity index (χ0) is 7.98. The van der Waals surface area contributed by atoms with E-state index in [1.54, 1.807) is 12.2 Å². The van der Waals surface area contributed by atoms with Gasteiger partial charge < -0.3 is 0 Å². The van der Waals surface area contributed by atoms with Gasteiger partial charge in [-0.15, -0.1) is 25.8 Å². The van der Waals surface area contributed by atoms with Crippen LogP contribution in [-0.2, 0) is 4.79 Å². The highest BCUT2D eigenvalue weighted by molar-refractivity contribution is 7.96. The zero-order valence-electron chi connectivity index (χ0n) is 5.92. The highest BCUT2D eigenvalue weighted by Gasteiger charge is 2.09. The summed E-state index contributed by atoms with van der Waals surface area (Å²) >= 11 is 3.73. The molecule has 0 spiro atoms. The Kier molecular flexibility index (Phi) is 5.03. The molecule has 0 rings (SSSR count). The first-order chi connectivity index (χ1) is 4.72. The van der Waals surface area contributed by atoms with Crippen LogP contribution in [0.15, 0.2) is 25.3 Å². The summed E-state index contributed by atoms with van der Waals surface area (Å²) in [7, 11) is 0. The third-order valence-corrected chi connectivity index (χ3v) is 1.62. The van der Waals surface area contributed by atoms with Crippen molar-refractivity contribution >= 4 is 17.7 Å². The molecule has 56 valence electrons. The Morgan fingerprint density at radius 1 is 1.40 bits per heavy atom. The molecule has 10 heavy (non-hydrogen) atoms. The lowest BCUT2D eigenvalue weighted by atomic mass is 10.0. The number of carbonyl (C=O) groups excluding carboxylic acids is 1. The summed E-state index contributed by atoms with van der Waals surface area (Å²) in [5.74, 6) is -0.0293. The predicted octanol–water partition coefficient (Wildman–Crippen LogP) is 2.21. The molecule has 0 aromatic rings. The molecule has 0 bridgehead atoms. The van der Waals surface area contributed by atoms with Gasteiger partial charge in [-0.1, -0.05) is 12.2 Å². The van der Waals surface area contributed by atoms with E-state index in [0.717, 1.165) is 0 Å². The van der Waals surface area contributed by atoms with Crippen molar-refractivity contribution in [1.82, 2.24) is 0 Å². The average Bonchev–Trinajstić information content (AvgIpc) is 1.87. The van der Waals surface area contributed by atoms with Crippen molar-refractivity contribution in [2.45, 2.75) is 12.8 Å². The Bertz CT molecular complexity index is 130. The van der Waals surface area contributed by atoms with Crippen LogP contribution in [0, 0.1) is 5.92 Å². The standard InChI is InChI=1S/C8H12OS/c1-3-5-7(6-4-2)8(9)10/h3-4,7H,1-2,5-6H2,(H,9,10). The minimum Gasteiger partial charge on any atom is -0.287 e. The second kappa shape index (κ2) is 5.30. The third-order valence-electron chi connectivity index (χ3n) is 1.25. The summed E-state index contributed by atoms with van der Waals surface area (Å²) in [6.07, 6.45) is 4.83. The van der Waals surface area contributed by atoms with E-state index in [-0.39, 0.29) is 11.0 Å². The number of allylic oxidation sites excluding steroid dienone is 2. The summed E-state index contributed by atoms with van der Waals surface area (Å²) in [5, 5.41) is -0.0835. The Hall–Kier alpha value is -0.500. The molecule has 0 unspecified atom stereocenters. The van der Waals surface area contributed by atoms with E-state index in [0.29, 0.717) is 12.8 Å². The molecule has 2 heteroatoms. The number of carbonyl (C=O) groups is 1. The second-order valence-electron chi connectivity index (χ2n) is 2.08. The Balaban J connectivity index is 3.83. The maximum absolute atomic E-state index is 10.7. The van der Waals surface area contributed by atoms with Gasteiger partial charge in [-0.3, -0.25) is 4.79 Å². The molecule has 0 heterocycles. The monoisotopic (exact) mass is 156 g/mol. The van der Waals surface area contributed by atoms with Crippen LogP contribution in [0.2, 0.25) is 0 Å². The molecule has 0 saturated carbocycles. The normalized spacial score (nSPS) is 9.40. The van der Waals surface area contributed by atoms with Gasteiger partial charge in [0, 0.05) is 5.92 Å². The van der Waals surface area contributed by atoms with Gasteiger partial charge >= 0.3 is 0 Å². The highest BCUT2D eigenvalue weighted by Crippen LogP contribution is 2.12. The Labute approximate surface area is 67.2 Å². The van der Waals surface area contributed by atoms with Crippen molar-refractivity contribution in [1.29, 1.82) is 0 Å². The van der Waals surface area contributed by atoms with Crippen LogP contribution in [0.3, 0.4) is 0 Å². The summed E-state index contributed by atoms with van der Waals surface area (Å²) < 4.78 is 0. The summed E-state index contributed by atoms with van der Waals surface area (Å²) in [4.78, 5) is 10.7. The van der Waals surface area contributed by atoms with E-state index in [2.05, 4.69) is 25.8 Å². The van der Waals surface area contributed by atoms with Crippen molar-refractivity contribution < 1.29 is 4.79 Å². The molecule has 0 aromatic carbocycles. The number of rotatable bonds is 5. The maximum atomic E-state index is 10.7. The number of hydrogen-bond donors (Lipinski definition) is 1. The lowest BCUT2D eigenvalue weighted by Crippen LogP contribution is -2.05. The fourth-order valence-corrected chi connectivity index (χ4v) is 0.911. The topological polar surface area (TPSA) is 17.1 Å². The van der Waals surface area contributed by atoms with Gasteiger partial charge in [0.1, 0.15) is 0 Å². The van der Waals surface area contributed by atoms with E-state index in [9.17, 15) is 4.79 Å². The highest BCUT2D eigenvalue weighted by atomic mass is 32.1. The van der Waals surface area contributed by atoms with Crippen LogP contribution in [0.1, 0.15) is 12.8 Å². The van der Waals surface area contributed by atoms with Crippen molar-refractivity contribution in [2.75, 3.05) is 0 Å². The van der Waals surface area contributed by atoms with Crippen molar-refractivity contribution in [3.05, 3.63) is 25.3 Å². The van der Waals surface area contributed by atoms with E-state index in [1.165, 1.54) is 0 Å². The fraction of sp³-hybridized carbons (Fsp3) is 0.375. The van der Waals surface area contributed by atoms with E-state index >= 15 is 0 Å². The van der Waals surface area contributed by atoms with E-state index in [1.807, 2.05) is 0 Å². The summed E-state index contributed by atoms with van der Waals surface area (Å²) in [6.45, 7) is 7.09. The minimum absolute atomic E-state index is 0.0293. The molecule has 0 atom stereocenters. The van der Waals surface area contributed by atoms with Gasteiger partial charge in [-0.25, -0.2) is 0 Å². The second-order valence-corrected chi connectivity index (χ2v) is 2.52. The third kappa shape index (κ3) is 3.51. The SMILES string of the molecule is C=CCC(CC=C)C(=O)S. The molecule has 0 aromatic heterocycles. The molecule has 0 fully saturated rings. The molecule has 0 aliphatic carbocycles. The van der Waals surface area contributed by atoms with Gasteiger partial charge in [0.2, 0.25) is 0 Å². The molecule has 0 aliphatic heterocycles. The fourth-order valence-electron chi connectivity index (χ4n) is 0.700. The van der Waals surface area contributed by atoms with Crippen LogP contribution >= 0.6 is 12.6 Å². The maximum Gasteiger partial charge on any atom is 0.189 e. The largest absolute Gasteiger partial charge is 0.287 e. The number of thiol groups is 1. The molecule has 0 saturated heterocycles. The van der Waals surface area contributed by atoms with Crippen LogP contribution in [0.25, 0.3) is 0 Å². The quantitative estimate of drug-likeness (QED) is 0.477. The molecule has 1 nitrogen and oxygen atoms in total. The van der Waals surface area contributed by atoms with Crippen LogP contribution in [0.5, 0.6) is 0 Å². The summed E-state index contributed by atoms with van der Waals surface area (Å²) in [5.41, 5.74) is 0. The van der Waals surface area contributed by atoms with Crippen molar-refractivity contribution in [3.8, 4) is 0 Å². The van der Waals surface area contributed by atoms with Gasteiger partial charge in [-0.05, 0) is 12.8 Å². The smallest absolute Gasteiger partial charge is 0.189 e. The molecule has 0 radical (unpaired) electrons. The molecular formula is C8H12OS. The first-order valence-corrected chi connectivity index (χ1v) is 3.61. The van der Waals surface area contributed by atoms with E-state index < -0.39 is 0 Å². The minimum atomic E-state index is -0.0835. The Morgan fingerprint density at radius 2 is 1.80 bits per heavy atom. The molecule has 0 N–H and O–H groups in total. The predicted molar refractivity (Wildman–Crippen MR) is 47.1 cm³/mol. The van der Waals surface area contributed by atoms with Crippen LogP contribution < -0.4 is 0 Å². The Morgan fingerprint density at radius 3 is 2.00 bits per heavy atom. The molecule has 0 aliphatic rings. The molecular weight excluding hydrogens is 144 g/mol. The van der Waals surface area contributed by atoms with Gasteiger partial charge in [0.25, 0.3) is 0 Å². The first-order valence-electron chi connectivity index (χ1n) is 3.17. The van der Waals surface area contributed by atoms with Crippen molar-refractivity contribution in [3.63, 3.8) is 0 Å². The van der Waals surface area contributed by atoms with Crippen LogP contribution in [-0.4, -0.2) is 5.12 Å². The number of hydrogen-bond acceptors (Lipinski definition) is 1. The van der Waals surface area contributed by atoms with E-state index in [4.69, 9.17) is 0 Å². The van der Waals surface area contributed by atoms with Gasteiger partial charge in [0.15, 0.2) is 5.12 Å². The van der Waals surface area contributed by atoms with Gasteiger partial charge in [0.05, 0.1) is 0 Å². The summed E-state index contributed by atoms with van der Waals surface area (Å²) in [6, 6.07) is 0. The first kappa shape index (κ1) is 9.50.